The molecule has 41 heavy (non-hydrogen) atoms. The summed E-state index contributed by atoms with van der Waals surface area (Å²) >= 11 is 0. The normalized spacial score (nSPS) is 21.1. The minimum Gasteiger partial charge on any atom is -0.0955 e. The van der Waals surface area contributed by atoms with Gasteiger partial charge in [0, 0.05) is 11.8 Å². The first-order valence-electron chi connectivity index (χ1n) is 15.5. The van der Waals surface area contributed by atoms with E-state index in [1.54, 1.807) is 0 Å². The quantitative estimate of drug-likeness (QED) is 0.298. The summed E-state index contributed by atoms with van der Waals surface area (Å²) in [4.78, 5) is 0. The molecule has 0 radical (unpaired) electrons. The van der Waals surface area contributed by atoms with Gasteiger partial charge in [0.05, 0.1) is 0 Å². The molecule has 2 unspecified atom stereocenters. The minimum atomic E-state index is 0.282. The highest BCUT2D eigenvalue weighted by molar-refractivity contribution is 5.76. The second kappa shape index (κ2) is 12.1. The lowest BCUT2D eigenvalue weighted by Crippen LogP contribution is -2.22. The van der Waals surface area contributed by atoms with Crippen molar-refractivity contribution in [2.75, 3.05) is 0 Å². The van der Waals surface area contributed by atoms with Crippen molar-refractivity contribution in [1.29, 1.82) is 0 Å². The van der Waals surface area contributed by atoms with E-state index in [0.29, 0.717) is 5.92 Å². The highest BCUT2D eigenvalue weighted by atomic mass is 14.4. The average Bonchev–Trinajstić information content (AvgIpc) is 3.56. The number of hydrogen-bond acceptors (Lipinski definition) is 0. The second-order valence-corrected chi connectivity index (χ2v) is 12.2. The maximum Gasteiger partial charge on any atom is 0.0203 e. The zero-order valence-electron chi connectivity index (χ0n) is 25.9. The lowest BCUT2D eigenvalue weighted by Gasteiger charge is -2.36. The van der Waals surface area contributed by atoms with E-state index in [2.05, 4.69) is 115 Å². The molecule has 0 amide bonds. The van der Waals surface area contributed by atoms with Gasteiger partial charge in [0.1, 0.15) is 0 Å². The Balaban J connectivity index is 1.48. The highest BCUT2D eigenvalue weighted by Gasteiger charge is 2.41. The Morgan fingerprint density at radius 3 is 2.46 bits per heavy atom. The molecule has 3 aliphatic carbocycles. The summed E-state index contributed by atoms with van der Waals surface area (Å²) in [7, 11) is 0. The summed E-state index contributed by atoms with van der Waals surface area (Å²) in [6.07, 6.45) is 15.7. The van der Waals surface area contributed by atoms with Gasteiger partial charge in [-0.05, 0) is 113 Å². The van der Waals surface area contributed by atoms with Crippen molar-refractivity contribution in [3.63, 3.8) is 0 Å². The molecule has 0 nitrogen and oxygen atoms in total. The Labute approximate surface area is 249 Å². The van der Waals surface area contributed by atoms with Gasteiger partial charge in [0.2, 0.25) is 0 Å². The summed E-state index contributed by atoms with van der Waals surface area (Å²) in [5.41, 5.74) is 19.0. The lowest BCUT2D eigenvalue weighted by atomic mass is 9.68. The molecule has 1 fully saturated rings. The predicted molar refractivity (Wildman–Crippen MR) is 180 cm³/mol. The highest BCUT2D eigenvalue weighted by Crippen LogP contribution is 2.55. The van der Waals surface area contributed by atoms with Gasteiger partial charge in [-0.25, -0.2) is 0 Å². The molecule has 210 valence electrons. The number of allylic oxidation sites excluding steroid dienone is 13. The van der Waals surface area contributed by atoms with Crippen LogP contribution >= 0.6 is 0 Å². The molecular weight excluding hydrogens is 492 g/mol. The van der Waals surface area contributed by atoms with Gasteiger partial charge in [-0.3, -0.25) is 0 Å². The molecule has 5 rings (SSSR count). The maximum absolute atomic E-state index is 4.78. The second-order valence-electron chi connectivity index (χ2n) is 12.2. The van der Waals surface area contributed by atoms with Gasteiger partial charge in [-0.15, -0.1) is 0 Å². The number of hydrogen-bond donors (Lipinski definition) is 0. The summed E-state index contributed by atoms with van der Waals surface area (Å²) < 4.78 is 0. The first-order chi connectivity index (χ1) is 19.7. The van der Waals surface area contributed by atoms with Crippen molar-refractivity contribution in [1.82, 2.24) is 0 Å². The summed E-state index contributed by atoms with van der Waals surface area (Å²) in [5, 5.41) is 0. The number of benzene rings is 2. The largest absolute Gasteiger partial charge is 0.0955 e. The Morgan fingerprint density at radius 1 is 0.951 bits per heavy atom. The molecular formula is C41H46. The number of rotatable bonds is 9. The molecule has 0 heterocycles. The summed E-state index contributed by atoms with van der Waals surface area (Å²) in [6.45, 7) is 24.7. The van der Waals surface area contributed by atoms with E-state index in [4.69, 9.17) is 6.58 Å². The van der Waals surface area contributed by atoms with Crippen LogP contribution in [0.15, 0.2) is 126 Å². The Hall–Kier alpha value is -3.64. The van der Waals surface area contributed by atoms with Crippen molar-refractivity contribution >= 4 is 11.1 Å². The first kappa shape index (κ1) is 28.9. The smallest absolute Gasteiger partial charge is 0.0203 e. The molecule has 0 aromatic heterocycles. The monoisotopic (exact) mass is 538 g/mol. The maximum atomic E-state index is 4.78. The third-order valence-electron chi connectivity index (χ3n) is 9.30. The molecule has 2 atom stereocenters. The fourth-order valence-electron chi connectivity index (χ4n) is 7.14. The van der Waals surface area contributed by atoms with Crippen LogP contribution in [0.4, 0.5) is 0 Å². The van der Waals surface area contributed by atoms with E-state index >= 15 is 0 Å². The minimum absolute atomic E-state index is 0.282. The topological polar surface area (TPSA) is 0 Å². The van der Waals surface area contributed by atoms with Crippen molar-refractivity contribution in [2.45, 2.75) is 79.1 Å². The molecule has 2 aromatic rings. The van der Waals surface area contributed by atoms with Gasteiger partial charge in [-0.2, -0.15) is 0 Å². The van der Waals surface area contributed by atoms with E-state index in [1.165, 1.54) is 72.4 Å². The van der Waals surface area contributed by atoms with Crippen molar-refractivity contribution in [3.8, 4) is 0 Å². The lowest BCUT2D eigenvalue weighted by molar-refractivity contribution is 0.614. The zero-order chi connectivity index (χ0) is 29.3. The number of fused-ring (bicyclic) bond motifs is 1. The van der Waals surface area contributed by atoms with E-state index in [-0.39, 0.29) is 5.92 Å². The molecule has 0 bridgehead atoms. The summed E-state index contributed by atoms with van der Waals surface area (Å²) in [5.74, 6) is 0.581. The zero-order valence-corrected chi connectivity index (χ0v) is 25.9. The van der Waals surface area contributed by atoms with Gasteiger partial charge in [0.25, 0.3) is 0 Å². The van der Waals surface area contributed by atoms with Crippen molar-refractivity contribution in [3.05, 3.63) is 153 Å². The van der Waals surface area contributed by atoms with Crippen LogP contribution in [0.25, 0.3) is 11.1 Å². The molecule has 0 heteroatoms. The van der Waals surface area contributed by atoms with E-state index in [9.17, 15) is 0 Å². The van der Waals surface area contributed by atoms with Gasteiger partial charge in [0.15, 0.2) is 0 Å². The van der Waals surface area contributed by atoms with Crippen LogP contribution in [-0.2, 0) is 12.8 Å². The Morgan fingerprint density at radius 2 is 1.76 bits per heavy atom. The fraction of sp³-hybridized carbons (Fsp3) is 0.317. The third-order valence-corrected chi connectivity index (χ3v) is 9.30. The molecule has 0 aliphatic heterocycles. The SMILES string of the molecule is C=C(CCC)C1=C(C)C=C2C/C(=C\C3=CC=C(c4cccc(C(=C)C)c4)C3)C(=C)C2C1c1ccc(CC)cc1CC. The standard InChI is InChI=1S/C41H46/c1-9-13-27(6)39-28(7)20-37-25-36(23-31-16-18-35(22-31)34-15-12-14-33(24-34)26(4)5)29(8)40(37)41(39)38-19-17-30(10-2)21-32(38)11-3/h12,14-21,23-24,40-41H,4,6,8-11,13,22,25H2,1-3,5,7H3/b36-23+. The molecule has 0 saturated heterocycles. The van der Waals surface area contributed by atoms with Crippen molar-refractivity contribution < 1.29 is 0 Å². The van der Waals surface area contributed by atoms with Gasteiger partial charge in [-0.1, -0.05) is 124 Å². The number of aryl methyl sites for hydroxylation is 2. The van der Waals surface area contributed by atoms with Crippen LogP contribution < -0.4 is 0 Å². The molecule has 1 saturated carbocycles. The summed E-state index contributed by atoms with van der Waals surface area (Å²) in [6, 6.07) is 16.0. The Bertz CT molecular complexity index is 1570. The Kier molecular flexibility index (Phi) is 8.50. The van der Waals surface area contributed by atoms with E-state index < -0.39 is 0 Å². The van der Waals surface area contributed by atoms with Crippen LogP contribution in [0, 0.1) is 5.92 Å². The van der Waals surface area contributed by atoms with Crippen LogP contribution in [0.5, 0.6) is 0 Å². The first-order valence-corrected chi connectivity index (χ1v) is 15.5. The van der Waals surface area contributed by atoms with Gasteiger partial charge < -0.3 is 0 Å². The predicted octanol–water partition coefficient (Wildman–Crippen LogP) is 11.5. The third kappa shape index (κ3) is 5.62. The fourth-order valence-corrected chi connectivity index (χ4v) is 7.14. The van der Waals surface area contributed by atoms with Crippen molar-refractivity contribution in [2.24, 2.45) is 5.92 Å². The van der Waals surface area contributed by atoms with Crippen LogP contribution in [-0.4, -0.2) is 0 Å². The molecule has 2 aromatic carbocycles. The molecule has 0 spiro atoms. The average molecular weight is 539 g/mol. The van der Waals surface area contributed by atoms with E-state index in [0.717, 1.165) is 44.1 Å². The molecule has 3 aliphatic rings. The molecule has 0 N–H and O–H groups in total. The van der Waals surface area contributed by atoms with E-state index in [1.807, 2.05) is 0 Å². The van der Waals surface area contributed by atoms with Crippen LogP contribution in [0.2, 0.25) is 0 Å². The van der Waals surface area contributed by atoms with Crippen LogP contribution in [0.3, 0.4) is 0 Å². The van der Waals surface area contributed by atoms with Crippen LogP contribution in [0.1, 0.15) is 94.0 Å². The van der Waals surface area contributed by atoms with Gasteiger partial charge >= 0.3 is 0 Å².